The molecule has 0 spiro atoms. The van der Waals surface area contributed by atoms with Crippen molar-refractivity contribution in [3.63, 3.8) is 0 Å². The third kappa shape index (κ3) is 3.61. The first-order valence-corrected chi connectivity index (χ1v) is 10.6. The van der Waals surface area contributed by atoms with Gasteiger partial charge >= 0.3 is 0 Å². The summed E-state index contributed by atoms with van der Waals surface area (Å²) in [6.07, 6.45) is 1.48. The quantitative estimate of drug-likeness (QED) is 0.543. The van der Waals surface area contributed by atoms with Crippen molar-refractivity contribution in [3.8, 4) is 11.8 Å². The van der Waals surface area contributed by atoms with Crippen LogP contribution in [0.4, 0.5) is 11.4 Å². The summed E-state index contributed by atoms with van der Waals surface area (Å²) in [4.78, 5) is 26.1. The molecule has 0 saturated heterocycles. The Morgan fingerprint density at radius 2 is 1.97 bits per heavy atom. The Kier molecular flexibility index (Phi) is 5.64. The number of benzene rings is 2. The van der Waals surface area contributed by atoms with E-state index in [1.807, 2.05) is 32.0 Å². The molecular formula is C25H24N4O4. The maximum absolute atomic E-state index is 13.2. The molecule has 8 heteroatoms. The first-order chi connectivity index (χ1) is 15.8. The molecule has 0 amide bonds. The zero-order chi connectivity index (χ0) is 23.9. The van der Waals surface area contributed by atoms with E-state index in [0.29, 0.717) is 36.3 Å². The molecule has 2 aromatic rings. The molecular weight excluding hydrogens is 420 g/mol. The summed E-state index contributed by atoms with van der Waals surface area (Å²) >= 11 is 0. The normalized spacial score (nSPS) is 18.2. The van der Waals surface area contributed by atoms with Crippen molar-refractivity contribution in [2.24, 2.45) is 5.73 Å². The number of rotatable bonds is 4. The molecule has 8 nitrogen and oxygen atoms in total. The Labute approximate surface area is 191 Å². The van der Waals surface area contributed by atoms with E-state index in [1.165, 1.54) is 18.1 Å². The summed E-state index contributed by atoms with van der Waals surface area (Å²) in [6.45, 7) is 3.93. The fourth-order valence-electron chi connectivity index (χ4n) is 4.79. The molecule has 1 atom stereocenters. The number of ketones is 1. The Morgan fingerprint density at radius 3 is 2.61 bits per heavy atom. The van der Waals surface area contributed by atoms with Crippen LogP contribution in [-0.2, 0) is 4.79 Å². The highest BCUT2D eigenvalue weighted by Crippen LogP contribution is 2.48. The van der Waals surface area contributed by atoms with Gasteiger partial charge in [0.05, 0.1) is 35.7 Å². The second kappa shape index (κ2) is 8.43. The number of nitro groups is 1. The van der Waals surface area contributed by atoms with E-state index in [-0.39, 0.29) is 28.6 Å². The molecule has 0 fully saturated rings. The highest BCUT2D eigenvalue weighted by Gasteiger charge is 2.42. The van der Waals surface area contributed by atoms with E-state index >= 15 is 0 Å². The minimum Gasteiger partial charge on any atom is -0.496 e. The number of methoxy groups -OCH3 is 1. The van der Waals surface area contributed by atoms with Gasteiger partial charge < -0.3 is 10.5 Å². The van der Waals surface area contributed by atoms with Crippen molar-refractivity contribution < 1.29 is 14.5 Å². The number of allylic oxidation sites excluding steroid dienone is 3. The van der Waals surface area contributed by atoms with Gasteiger partial charge in [-0.15, -0.1) is 0 Å². The van der Waals surface area contributed by atoms with Crippen molar-refractivity contribution in [2.75, 3.05) is 12.0 Å². The molecule has 2 aliphatic rings. The number of nitrogens with zero attached hydrogens (tertiary/aromatic N) is 3. The molecule has 1 unspecified atom stereocenters. The van der Waals surface area contributed by atoms with E-state index in [2.05, 4.69) is 6.07 Å². The van der Waals surface area contributed by atoms with Gasteiger partial charge in [0, 0.05) is 17.7 Å². The van der Waals surface area contributed by atoms with Crippen molar-refractivity contribution in [1.29, 1.82) is 5.26 Å². The summed E-state index contributed by atoms with van der Waals surface area (Å²) in [6, 6.07) is 12.5. The number of hydrogen-bond acceptors (Lipinski definition) is 7. The van der Waals surface area contributed by atoms with E-state index in [9.17, 15) is 20.2 Å². The first-order valence-electron chi connectivity index (χ1n) is 10.6. The van der Waals surface area contributed by atoms with Gasteiger partial charge in [0.25, 0.3) is 5.69 Å². The molecule has 0 bridgehead atoms. The second-order valence-corrected chi connectivity index (χ2v) is 8.29. The van der Waals surface area contributed by atoms with Gasteiger partial charge in [-0.25, -0.2) is 0 Å². The van der Waals surface area contributed by atoms with Gasteiger partial charge in [-0.05, 0) is 49.9 Å². The number of ether oxygens (including phenoxy) is 1. The number of carbonyl (C=O) groups excluding carboxylic acids is 1. The van der Waals surface area contributed by atoms with Crippen LogP contribution in [0, 0.1) is 35.3 Å². The summed E-state index contributed by atoms with van der Waals surface area (Å²) < 4.78 is 5.15. The maximum Gasteiger partial charge on any atom is 0.296 e. The number of Topliss-reactive ketones (excluding diaryl/α,β-unsaturated/α-hetero) is 1. The molecule has 0 aromatic heterocycles. The molecule has 33 heavy (non-hydrogen) atoms. The molecule has 2 aromatic carbocycles. The number of hydrogen-bond donors (Lipinski definition) is 1. The average molecular weight is 444 g/mol. The maximum atomic E-state index is 13.2. The molecule has 0 saturated carbocycles. The highest BCUT2D eigenvalue weighted by molar-refractivity contribution is 6.01. The minimum atomic E-state index is -0.605. The van der Waals surface area contributed by atoms with Gasteiger partial charge in [-0.3, -0.25) is 19.8 Å². The van der Waals surface area contributed by atoms with Crippen LogP contribution in [0.25, 0.3) is 0 Å². The second-order valence-electron chi connectivity index (χ2n) is 8.29. The lowest BCUT2D eigenvalue weighted by Crippen LogP contribution is -2.39. The Hall–Kier alpha value is -4.12. The van der Waals surface area contributed by atoms with Crippen LogP contribution in [0.15, 0.2) is 59.1 Å². The van der Waals surface area contributed by atoms with Gasteiger partial charge in [-0.2, -0.15) is 5.26 Å². The van der Waals surface area contributed by atoms with Crippen LogP contribution in [0.3, 0.4) is 0 Å². The summed E-state index contributed by atoms with van der Waals surface area (Å²) in [5.74, 6) is -0.244. The number of nitrogens with two attached hydrogens (primary N) is 1. The van der Waals surface area contributed by atoms with Gasteiger partial charge in [0.15, 0.2) is 5.78 Å². The molecule has 2 N–H and O–H groups in total. The lowest BCUT2D eigenvalue weighted by molar-refractivity contribution is -0.384. The van der Waals surface area contributed by atoms with Crippen molar-refractivity contribution in [3.05, 3.63) is 85.9 Å². The van der Waals surface area contributed by atoms with Gasteiger partial charge in [0.2, 0.25) is 0 Å². The number of carbonyl (C=O) groups is 1. The number of aryl methyl sites for hydroxylation is 2. The fraction of sp³-hybridized carbons (Fsp3) is 0.280. The van der Waals surface area contributed by atoms with Crippen LogP contribution in [0.1, 0.15) is 41.9 Å². The Morgan fingerprint density at radius 1 is 1.21 bits per heavy atom. The Balaban J connectivity index is 2.02. The van der Waals surface area contributed by atoms with Crippen LogP contribution >= 0.6 is 0 Å². The van der Waals surface area contributed by atoms with Crippen molar-refractivity contribution in [2.45, 2.75) is 39.0 Å². The number of nitriles is 1. The van der Waals surface area contributed by atoms with Crippen LogP contribution in [-0.4, -0.2) is 17.8 Å². The topological polar surface area (TPSA) is 122 Å². The molecule has 168 valence electrons. The molecule has 1 heterocycles. The van der Waals surface area contributed by atoms with E-state index in [1.54, 1.807) is 12.1 Å². The average Bonchev–Trinajstić information content (AvgIpc) is 2.78. The predicted octanol–water partition coefficient (Wildman–Crippen LogP) is 4.53. The van der Waals surface area contributed by atoms with Gasteiger partial charge in [0.1, 0.15) is 17.3 Å². The lowest BCUT2D eigenvalue weighted by atomic mass is 9.74. The Bertz CT molecular complexity index is 1290. The zero-order valence-electron chi connectivity index (χ0n) is 18.7. The minimum absolute atomic E-state index is 0.0670. The smallest absolute Gasteiger partial charge is 0.296 e. The van der Waals surface area contributed by atoms with E-state index in [0.717, 1.165) is 16.7 Å². The third-order valence-corrected chi connectivity index (χ3v) is 6.27. The van der Waals surface area contributed by atoms with Crippen molar-refractivity contribution in [1.82, 2.24) is 0 Å². The predicted molar refractivity (Wildman–Crippen MR) is 123 cm³/mol. The standard InChI is InChI=1S/C25H24N4O4/c1-14-7-9-17(15(2)11-14)23-18(13-26)25(27)28(20-5-4-6-22(30)24(20)23)19-10-8-16(33-3)12-21(19)29(31)32/h7-12,23H,4-6,27H2,1-3H3. The molecule has 1 aliphatic carbocycles. The third-order valence-electron chi connectivity index (χ3n) is 6.27. The SMILES string of the molecule is COc1ccc(N2C(N)=C(C#N)C(c3ccc(C)cc3C)C3=C2CCCC3=O)c([N+](=O)[O-])c1. The van der Waals surface area contributed by atoms with Crippen LogP contribution < -0.4 is 15.4 Å². The summed E-state index contributed by atoms with van der Waals surface area (Å²) in [5.41, 5.74) is 10.7. The number of anilines is 1. The number of nitro benzene ring substituents is 1. The zero-order valence-corrected chi connectivity index (χ0v) is 18.7. The monoisotopic (exact) mass is 444 g/mol. The summed E-state index contributed by atoms with van der Waals surface area (Å²) in [5, 5.41) is 22.0. The van der Waals surface area contributed by atoms with Gasteiger partial charge in [-0.1, -0.05) is 23.8 Å². The summed E-state index contributed by atoms with van der Waals surface area (Å²) in [7, 11) is 1.43. The molecule has 0 radical (unpaired) electrons. The highest BCUT2D eigenvalue weighted by atomic mass is 16.6. The lowest BCUT2D eigenvalue weighted by Gasteiger charge is -2.39. The van der Waals surface area contributed by atoms with Crippen LogP contribution in [0.2, 0.25) is 0 Å². The van der Waals surface area contributed by atoms with Crippen molar-refractivity contribution >= 4 is 17.2 Å². The van der Waals surface area contributed by atoms with E-state index < -0.39 is 10.8 Å². The fourth-order valence-corrected chi connectivity index (χ4v) is 4.79. The van der Waals surface area contributed by atoms with Crippen LogP contribution in [0.5, 0.6) is 5.75 Å². The largest absolute Gasteiger partial charge is 0.496 e. The van der Waals surface area contributed by atoms with E-state index in [4.69, 9.17) is 10.5 Å². The first kappa shape index (κ1) is 22.1. The molecule has 4 rings (SSSR count). The molecule has 1 aliphatic heterocycles.